The number of hydrogen-bond donors (Lipinski definition) is 2. The number of nitrogens with zero attached hydrogens (tertiary/aromatic N) is 2. The maximum atomic E-state index is 12.1. The van der Waals surface area contributed by atoms with Crippen LogP contribution in [0.4, 0.5) is 4.79 Å². The fraction of sp³-hybridized carbons (Fsp3) is 0.429. The molecule has 8 nitrogen and oxygen atoms in total. The van der Waals surface area contributed by atoms with Gasteiger partial charge in [0.25, 0.3) is 5.91 Å². The Bertz CT molecular complexity index is 859. The first-order valence-electron chi connectivity index (χ1n) is 9.56. The molecule has 0 saturated carbocycles. The van der Waals surface area contributed by atoms with Crippen LogP contribution in [0.3, 0.4) is 0 Å². The van der Waals surface area contributed by atoms with Crippen molar-refractivity contribution < 1.29 is 19.1 Å². The average Bonchev–Trinajstić information content (AvgIpc) is 2.92. The van der Waals surface area contributed by atoms with Crippen LogP contribution in [0.5, 0.6) is 0 Å². The number of rotatable bonds is 8. The van der Waals surface area contributed by atoms with Gasteiger partial charge in [0, 0.05) is 24.3 Å². The zero-order chi connectivity index (χ0) is 21.4. The van der Waals surface area contributed by atoms with Gasteiger partial charge in [-0.2, -0.15) is 5.10 Å². The van der Waals surface area contributed by atoms with E-state index in [-0.39, 0.29) is 6.42 Å². The standard InChI is InChI=1S/C21H28N4O4/c1-14(2)12-25-16(4)18(15(3)24-25)10-20(27)29-13-19(26)23-21(28)22-11-17-8-6-5-7-9-17/h5-9,14H,10-13H2,1-4H3,(H2,22,23,26,28). The highest BCUT2D eigenvalue weighted by Crippen LogP contribution is 2.15. The van der Waals surface area contributed by atoms with E-state index in [1.807, 2.05) is 48.9 Å². The summed E-state index contributed by atoms with van der Waals surface area (Å²) >= 11 is 0. The Hall–Kier alpha value is -3.16. The van der Waals surface area contributed by atoms with Crippen molar-refractivity contribution in [3.8, 4) is 0 Å². The number of urea groups is 1. The molecule has 1 aromatic carbocycles. The number of amides is 3. The number of carbonyl (C=O) groups is 3. The van der Waals surface area contributed by atoms with Crippen molar-refractivity contribution in [2.75, 3.05) is 6.61 Å². The lowest BCUT2D eigenvalue weighted by atomic mass is 10.1. The summed E-state index contributed by atoms with van der Waals surface area (Å²) in [6.45, 7) is 8.49. The molecule has 2 N–H and O–H groups in total. The maximum Gasteiger partial charge on any atom is 0.321 e. The van der Waals surface area contributed by atoms with Gasteiger partial charge in [-0.3, -0.25) is 19.6 Å². The van der Waals surface area contributed by atoms with Crippen molar-refractivity contribution in [2.45, 2.75) is 47.2 Å². The second-order valence-electron chi connectivity index (χ2n) is 7.28. The molecule has 0 saturated heterocycles. The number of hydrogen-bond acceptors (Lipinski definition) is 5. The molecule has 2 rings (SSSR count). The van der Waals surface area contributed by atoms with Crippen LogP contribution in [-0.4, -0.2) is 34.3 Å². The topological polar surface area (TPSA) is 102 Å². The molecule has 2 aromatic rings. The fourth-order valence-corrected chi connectivity index (χ4v) is 2.84. The monoisotopic (exact) mass is 400 g/mol. The van der Waals surface area contributed by atoms with Crippen LogP contribution in [0.2, 0.25) is 0 Å². The minimum absolute atomic E-state index is 0.0310. The third-order valence-electron chi connectivity index (χ3n) is 4.30. The van der Waals surface area contributed by atoms with Crippen molar-refractivity contribution in [2.24, 2.45) is 5.92 Å². The Morgan fingerprint density at radius 1 is 1.14 bits per heavy atom. The Labute approximate surface area is 170 Å². The van der Waals surface area contributed by atoms with Crippen LogP contribution < -0.4 is 10.6 Å². The number of nitrogens with one attached hydrogen (secondary N) is 2. The highest BCUT2D eigenvalue weighted by Gasteiger charge is 2.17. The van der Waals surface area contributed by atoms with E-state index in [2.05, 4.69) is 29.6 Å². The summed E-state index contributed by atoms with van der Waals surface area (Å²) in [7, 11) is 0. The molecular formula is C21H28N4O4. The van der Waals surface area contributed by atoms with Gasteiger partial charge >= 0.3 is 12.0 Å². The van der Waals surface area contributed by atoms with E-state index in [0.29, 0.717) is 12.5 Å². The van der Waals surface area contributed by atoms with E-state index in [1.165, 1.54) is 0 Å². The number of aromatic nitrogens is 2. The summed E-state index contributed by atoms with van der Waals surface area (Å²) in [5, 5.41) is 9.16. The third-order valence-corrected chi connectivity index (χ3v) is 4.30. The smallest absolute Gasteiger partial charge is 0.321 e. The van der Waals surface area contributed by atoms with E-state index >= 15 is 0 Å². The summed E-state index contributed by atoms with van der Waals surface area (Å²) in [4.78, 5) is 35.7. The highest BCUT2D eigenvalue weighted by atomic mass is 16.5. The molecule has 29 heavy (non-hydrogen) atoms. The largest absolute Gasteiger partial charge is 0.455 e. The molecule has 0 bridgehead atoms. The highest BCUT2D eigenvalue weighted by molar-refractivity contribution is 5.95. The van der Waals surface area contributed by atoms with Gasteiger partial charge < -0.3 is 10.1 Å². The van der Waals surface area contributed by atoms with Crippen LogP contribution in [0.1, 0.15) is 36.4 Å². The molecule has 0 unspecified atom stereocenters. The second-order valence-corrected chi connectivity index (χ2v) is 7.28. The molecule has 0 aliphatic heterocycles. The van der Waals surface area contributed by atoms with Crippen LogP contribution in [0.15, 0.2) is 30.3 Å². The first-order chi connectivity index (χ1) is 13.8. The van der Waals surface area contributed by atoms with E-state index in [4.69, 9.17) is 4.74 Å². The van der Waals surface area contributed by atoms with Crippen molar-refractivity contribution in [3.05, 3.63) is 52.8 Å². The predicted molar refractivity (Wildman–Crippen MR) is 108 cm³/mol. The van der Waals surface area contributed by atoms with Gasteiger partial charge in [-0.05, 0) is 25.3 Å². The van der Waals surface area contributed by atoms with E-state index in [1.54, 1.807) is 0 Å². The van der Waals surface area contributed by atoms with E-state index in [0.717, 1.165) is 29.1 Å². The number of aryl methyl sites for hydroxylation is 1. The SMILES string of the molecule is Cc1nn(CC(C)C)c(C)c1CC(=O)OCC(=O)NC(=O)NCc1ccccc1. The number of benzene rings is 1. The van der Waals surface area contributed by atoms with Crippen molar-refractivity contribution in [1.29, 1.82) is 0 Å². The maximum absolute atomic E-state index is 12.1. The van der Waals surface area contributed by atoms with Gasteiger partial charge in [0.05, 0.1) is 12.1 Å². The summed E-state index contributed by atoms with van der Waals surface area (Å²) in [5.74, 6) is -0.794. The van der Waals surface area contributed by atoms with Gasteiger partial charge in [0.15, 0.2) is 6.61 Å². The molecule has 8 heteroatoms. The minimum Gasteiger partial charge on any atom is -0.455 e. The Morgan fingerprint density at radius 2 is 1.83 bits per heavy atom. The van der Waals surface area contributed by atoms with Crippen molar-refractivity contribution >= 4 is 17.9 Å². The lowest BCUT2D eigenvalue weighted by Crippen LogP contribution is -2.41. The lowest BCUT2D eigenvalue weighted by Gasteiger charge is -2.09. The number of imide groups is 1. The molecule has 1 aromatic heterocycles. The number of esters is 1. The van der Waals surface area contributed by atoms with Crippen LogP contribution in [-0.2, 0) is 33.8 Å². The van der Waals surface area contributed by atoms with Crippen LogP contribution >= 0.6 is 0 Å². The zero-order valence-corrected chi connectivity index (χ0v) is 17.3. The lowest BCUT2D eigenvalue weighted by molar-refractivity contribution is -0.147. The van der Waals surface area contributed by atoms with Gasteiger partial charge in [0.2, 0.25) is 0 Å². The summed E-state index contributed by atoms with van der Waals surface area (Å²) < 4.78 is 6.89. The molecule has 0 radical (unpaired) electrons. The van der Waals surface area contributed by atoms with Gasteiger partial charge in [-0.15, -0.1) is 0 Å². The minimum atomic E-state index is -0.687. The fourth-order valence-electron chi connectivity index (χ4n) is 2.84. The molecule has 0 fully saturated rings. The zero-order valence-electron chi connectivity index (χ0n) is 17.3. The van der Waals surface area contributed by atoms with E-state index < -0.39 is 24.5 Å². The molecule has 0 aliphatic rings. The molecule has 3 amide bonds. The average molecular weight is 400 g/mol. The summed E-state index contributed by atoms with van der Waals surface area (Å²) in [6.07, 6.45) is 0.0310. The normalized spacial score (nSPS) is 10.7. The molecule has 156 valence electrons. The Balaban J connectivity index is 1.76. The number of carbonyl (C=O) groups excluding carboxylic acids is 3. The molecule has 0 atom stereocenters. The second kappa shape index (κ2) is 10.4. The molecule has 0 aliphatic carbocycles. The molecule has 1 heterocycles. The Morgan fingerprint density at radius 3 is 2.48 bits per heavy atom. The predicted octanol–water partition coefficient (Wildman–Crippen LogP) is 2.27. The summed E-state index contributed by atoms with van der Waals surface area (Å²) in [5.41, 5.74) is 3.39. The van der Waals surface area contributed by atoms with Gasteiger partial charge in [-0.1, -0.05) is 44.2 Å². The van der Waals surface area contributed by atoms with Gasteiger partial charge in [-0.25, -0.2) is 4.79 Å². The quantitative estimate of drug-likeness (QED) is 0.662. The van der Waals surface area contributed by atoms with Crippen LogP contribution in [0, 0.1) is 19.8 Å². The number of ether oxygens (including phenoxy) is 1. The third kappa shape index (κ3) is 7.06. The first-order valence-corrected chi connectivity index (χ1v) is 9.56. The van der Waals surface area contributed by atoms with Gasteiger partial charge in [0.1, 0.15) is 0 Å². The van der Waals surface area contributed by atoms with E-state index in [9.17, 15) is 14.4 Å². The summed E-state index contributed by atoms with van der Waals surface area (Å²) in [6, 6.07) is 8.66. The molecular weight excluding hydrogens is 372 g/mol. The van der Waals surface area contributed by atoms with Crippen LogP contribution in [0.25, 0.3) is 0 Å². The molecule has 0 spiro atoms. The first kappa shape index (κ1) is 22.1. The van der Waals surface area contributed by atoms with Crippen molar-refractivity contribution in [1.82, 2.24) is 20.4 Å². The van der Waals surface area contributed by atoms with Crippen molar-refractivity contribution in [3.63, 3.8) is 0 Å². The Kier molecular flexibility index (Phi) is 7.94.